The molecule has 0 unspecified atom stereocenters. The average Bonchev–Trinajstić information content (AvgIpc) is 3.38. The summed E-state index contributed by atoms with van der Waals surface area (Å²) in [5.41, 5.74) is 2.30. The van der Waals surface area contributed by atoms with Crippen LogP contribution in [0.4, 0.5) is 0 Å². The van der Waals surface area contributed by atoms with Gasteiger partial charge in [-0.2, -0.15) is 0 Å². The van der Waals surface area contributed by atoms with E-state index in [0.717, 1.165) is 20.0 Å². The second-order valence-electron chi connectivity index (χ2n) is 5.69. The summed E-state index contributed by atoms with van der Waals surface area (Å²) >= 11 is 1.41. The first-order chi connectivity index (χ1) is 12.2. The molecule has 0 bridgehead atoms. The fraction of sp³-hybridized carbons (Fsp3) is 0. The number of carbonyl (C=O) groups excluding carboxylic acids is 2. The number of fused-ring (bicyclic) bond motifs is 2. The number of hydrogen-bond donors (Lipinski definition) is 0. The van der Waals surface area contributed by atoms with E-state index in [1.54, 1.807) is 23.0 Å². The first-order valence-corrected chi connectivity index (χ1v) is 10.3. The second kappa shape index (κ2) is 5.49. The van der Waals surface area contributed by atoms with Crippen molar-refractivity contribution in [2.75, 3.05) is 0 Å². The molecule has 0 saturated heterocycles. The Labute approximate surface area is 152 Å². The normalized spacial score (nSPS) is 13.7. The number of rotatable bonds is 2. The van der Waals surface area contributed by atoms with Crippen molar-refractivity contribution in [1.29, 1.82) is 0 Å². The average molecular weight is 409 g/mol. The fourth-order valence-electron chi connectivity index (χ4n) is 3.01. The minimum absolute atomic E-state index is 0.0201. The molecular weight excluding hydrogens is 399 g/mol. The maximum atomic E-state index is 12.4. The SMILES string of the molecule is O=C1C(=Cc2ccc(-n3ccc4cccnc43)[se]2)C(=O)c2cscc21. The molecule has 0 radical (unpaired) electrons. The van der Waals surface area contributed by atoms with Crippen LogP contribution in [0.3, 0.4) is 0 Å². The topological polar surface area (TPSA) is 52.0 Å². The third-order valence-electron chi connectivity index (χ3n) is 4.23. The molecule has 0 aromatic carbocycles. The van der Waals surface area contributed by atoms with E-state index >= 15 is 0 Å². The fourth-order valence-corrected chi connectivity index (χ4v) is 5.78. The number of aromatic nitrogens is 2. The Morgan fingerprint density at radius 3 is 2.64 bits per heavy atom. The first-order valence-electron chi connectivity index (χ1n) is 7.62. The molecule has 0 amide bonds. The van der Waals surface area contributed by atoms with Crippen LogP contribution < -0.4 is 0 Å². The number of thiophene rings is 1. The molecule has 4 aromatic heterocycles. The van der Waals surface area contributed by atoms with E-state index in [1.165, 1.54) is 11.3 Å². The predicted octanol–water partition coefficient (Wildman–Crippen LogP) is 3.61. The van der Waals surface area contributed by atoms with E-state index < -0.39 is 0 Å². The van der Waals surface area contributed by atoms with E-state index in [1.807, 2.05) is 36.5 Å². The predicted molar refractivity (Wildman–Crippen MR) is 99.0 cm³/mol. The van der Waals surface area contributed by atoms with Crippen molar-refractivity contribution in [3.63, 3.8) is 0 Å². The van der Waals surface area contributed by atoms with Gasteiger partial charge in [0.2, 0.25) is 0 Å². The molecule has 0 N–H and O–H groups in total. The minimum atomic E-state index is -0.153. The summed E-state index contributed by atoms with van der Waals surface area (Å²) in [4.78, 5) is 29.3. The van der Waals surface area contributed by atoms with Gasteiger partial charge in [-0.3, -0.25) is 0 Å². The van der Waals surface area contributed by atoms with Crippen LogP contribution in [-0.4, -0.2) is 35.6 Å². The van der Waals surface area contributed by atoms with E-state index in [4.69, 9.17) is 0 Å². The van der Waals surface area contributed by atoms with Gasteiger partial charge in [0.15, 0.2) is 0 Å². The number of allylic oxidation sites excluding steroid dienone is 1. The van der Waals surface area contributed by atoms with Gasteiger partial charge in [-0.05, 0) is 0 Å². The van der Waals surface area contributed by atoms with Crippen LogP contribution in [0.15, 0.2) is 59.1 Å². The third kappa shape index (κ3) is 2.23. The molecule has 6 heteroatoms. The van der Waals surface area contributed by atoms with Crippen LogP contribution in [0.2, 0.25) is 0 Å². The summed E-state index contributed by atoms with van der Waals surface area (Å²) in [7, 11) is 0. The molecule has 1 aliphatic rings. The Balaban J connectivity index is 1.55. The number of nitrogens with zero attached hydrogens (tertiary/aromatic N) is 2. The van der Waals surface area contributed by atoms with Gasteiger partial charge in [0.1, 0.15) is 0 Å². The molecule has 4 nitrogen and oxygen atoms in total. The monoisotopic (exact) mass is 410 g/mol. The molecule has 4 heterocycles. The van der Waals surface area contributed by atoms with Gasteiger partial charge in [0.25, 0.3) is 0 Å². The molecule has 25 heavy (non-hydrogen) atoms. The van der Waals surface area contributed by atoms with Crippen LogP contribution >= 0.6 is 11.3 Å². The Bertz CT molecular complexity index is 1160. The van der Waals surface area contributed by atoms with Crippen LogP contribution in [0.25, 0.3) is 21.7 Å². The van der Waals surface area contributed by atoms with Crippen molar-refractivity contribution in [3.8, 4) is 4.56 Å². The molecule has 0 saturated carbocycles. The van der Waals surface area contributed by atoms with E-state index in [9.17, 15) is 9.59 Å². The molecule has 4 aromatic rings. The maximum absolute atomic E-state index is 12.4. The van der Waals surface area contributed by atoms with Crippen molar-refractivity contribution in [2.45, 2.75) is 0 Å². The van der Waals surface area contributed by atoms with Gasteiger partial charge in [-0.25, -0.2) is 0 Å². The zero-order chi connectivity index (χ0) is 17.0. The molecule has 120 valence electrons. The van der Waals surface area contributed by atoms with Crippen molar-refractivity contribution >= 4 is 54.5 Å². The zero-order valence-corrected chi connectivity index (χ0v) is 15.3. The molecular formula is C19H10N2O2SSe. The van der Waals surface area contributed by atoms with Gasteiger partial charge in [0, 0.05) is 0 Å². The summed E-state index contributed by atoms with van der Waals surface area (Å²) in [5, 5.41) is 4.61. The van der Waals surface area contributed by atoms with E-state index in [2.05, 4.69) is 9.55 Å². The third-order valence-corrected chi connectivity index (χ3v) is 7.13. The van der Waals surface area contributed by atoms with Gasteiger partial charge < -0.3 is 0 Å². The summed E-state index contributed by atoms with van der Waals surface area (Å²) in [6.45, 7) is 0. The summed E-state index contributed by atoms with van der Waals surface area (Å²) in [5.74, 6) is -0.307. The molecule has 0 atom stereocenters. The summed E-state index contributed by atoms with van der Waals surface area (Å²) < 4.78 is 4.23. The van der Waals surface area contributed by atoms with Crippen molar-refractivity contribution < 1.29 is 9.59 Å². The quantitative estimate of drug-likeness (QED) is 0.289. The van der Waals surface area contributed by atoms with Crippen LogP contribution in [0, 0.1) is 0 Å². The van der Waals surface area contributed by atoms with Gasteiger partial charge in [-0.15, -0.1) is 0 Å². The van der Waals surface area contributed by atoms with Crippen molar-refractivity contribution in [1.82, 2.24) is 9.55 Å². The molecule has 0 spiro atoms. The van der Waals surface area contributed by atoms with Gasteiger partial charge in [-0.1, -0.05) is 0 Å². The molecule has 0 fully saturated rings. The Morgan fingerprint density at radius 2 is 1.84 bits per heavy atom. The number of hydrogen-bond acceptors (Lipinski definition) is 4. The van der Waals surface area contributed by atoms with Crippen LogP contribution in [0.5, 0.6) is 0 Å². The summed E-state index contributed by atoms with van der Waals surface area (Å²) in [6, 6.07) is 10.0. The van der Waals surface area contributed by atoms with E-state index in [-0.39, 0.29) is 31.6 Å². The van der Waals surface area contributed by atoms with Gasteiger partial charge in [0.05, 0.1) is 0 Å². The van der Waals surface area contributed by atoms with Gasteiger partial charge >= 0.3 is 153 Å². The van der Waals surface area contributed by atoms with E-state index in [0.29, 0.717) is 11.1 Å². The Hall–Kier alpha value is -2.53. The molecule has 0 aliphatic heterocycles. The Kier molecular flexibility index (Phi) is 3.25. The number of carbonyl (C=O) groups is 2. The van der Waals surface area contributed by atoms with Crippen molar-refractivity contribution in [2.24, 2.45) is 0 Å². The molecule has 5 rings (SSSR count). The van der Waals surface area contributed by atoms with Crippen molar-refractivity contribution in [3.05, 3.63) is 74.6 Å². The molecule has 1 aliphatic carbocycles. The van der Waals surface area contributed by atoms with Crippen LogP contribution in [-0.2, 0) is 0 Å². The van der Waals surface area contributed by atoms with Crippen LogP contribution in [0.1, 0.15) is 25.2 Å². The second-order valence-corrected chi connectivity index (χ2v) is 8.73. The summed E-state index contributed by atoms with van der Waals surface area (Å²) in [6.07, 6.45) is 5.56. The Morgan fingerprint density at radius 1 is 1.04 bits per heavy atom. The number of pyridine rings is 1. The first kappa shape index (κ1) is 14.8. The standard InChI is InChI=1S/C19H10N2O2SSe/c22-17-13(18(23)15-10-24-9-14(15)17)8-12-3-4-16(25-12)21-7-5-11-2-1-6-20-19(11)21/h1-10H. The number of ketones is 2. The zero-order valence-electron chi connectivity index (χ0n) is 12.8. The number of Topliss-reactive ketones (excluding diaryl/α,β-unsaturated/α-hetero) is 2.